The van der Waals surface area contributed by atoms with E-state index in [1.165, 1.54) is 0 Å². The van der Waals surface area contributed by atoms with Crippen molar-refractivity contribution in [3.63, 3.8) is 0 Å². The van der Waals surface area contributed by atoms with Crippen molar-refractivity contribution >= 4 is 5.91 Å². The molecule has 0 saturated carbocycles. The normalized spacial score (nSPS) is 17.7. The van der Waals surface area contributed by atoms with Crippen molar-refractivity contribution in [2.24, 2.45) is 0 Å². The number of imidazole rings is 1. The van der Waals surface area contributed by atoms with Crippen LogP contribution >= 0.6 is 0 Å². The quantitative estimate of drug-likeness (QED) is 0.793. The molecular weight excluding hydrogens is 318 g/mol. The number of nitrogens with zero attached hydrogens (tertiary/aromatic N) is 5. The highest BCUT2D eigenvalue weighted by atomic mass is 16.5. The summed E-state index contributed by atoms with van der Waals surface area (Å²) in [5.41, 5.74) is 1.99. The average molecular weight is 343 g/mol. The topological polar surface area (TPSA) is 73.1 Å². The summed E-state index contributed by atoms with van der Waals surface area (Å²) in [7, 11) is 0. The van der Waals surface area contributed by atoms with Gasteiger partial charge in [0.15, 0.2) is 0 Å². The summed E-state index contributed by atoms with van der Waals surface area (Å²) in [5, 5.41) is 0. The molecule has 2 aromatic heterocycles. The molecule has 0 radical (unpaired) electrons. The van der Waals surface area contributed by atoms with Crippen molar-refractivity contribution < 1.29 is 9.53 Å². The number of carbonyl (C=O) groups excluding carboxylic acids is 1. The van der Waals surface area contributed by atoms with E-state index in [0.29, 0.717) is 26.2 Å². The van der Waals surface area contributed by atoms with E-state index in [4.69, 9.17) is 4.74 Å². The van der Waals surface area contributed by atoms with Gasteiger partial charge in [-0.15, -0.1) is 0 Å². The van der Waals surface area contributed by atoms with Gasteiger partial charge in [-0.2, -0.15) is 0 Å². The third kappa shape index (κ3) is 4.63. The molecule has 7 heteroatoms. The second-order valence-corrected chi connectivity index (χ2v) is 6.35. The SMILES string of the molecule is CCc1nccn1CC(=O)N1CCO[C@H](CCc2cc(C)ncn2)C1. The van der Waals surface area contributed by atoms with E-state index < -0.39 is 0 Å². The van der Waals surface area contributed by atoms with Gasteiger partial charge in [-0.25, -0.2) is 15.0 Å². The van der Waals surface area contributed by atoms with E-state index >= 15 is 0 Å². The Morgan fingerprint density at radius 2 is 2.24 bits per heavy atom. The van der Waals surface area contributed by atoms with Gasteiger partial charge < -0.3 is 14.2 Å². The predicted molar refractivity (Wildman–Crippen MR) is 93.0 cm³/mol. The van der Waals surface area contributed by atoms with Crippen molar-refractivity contribution in [2.45, 2.75) is 45.8 Å². The summed E-state index contributed by atoms with van der Waals surface area (Å²) in [6.45, 7) is 6.23. The van der Waals surface area contributed by atoms with Crippen molar-refractivity contribution in [1.82, 2.24) is 24.4 Å². The van der Waals surface area contributed by atoms with Crippen LogP contribution in [0.2, 0.25) is 0 Å². The molecule has 1 aliphatic rings. The molecular formula is C18H25N5O2. The summed E-state index contributed by atoms with van der Waals surface area (Å²) >= 11 is 0. The zero-order valence-electron chi connectivity index (χ0n) is 14.9. The summed E-state index contributed by atoms with van der Waals surface area (Å²) in [5.74, 6) is 1.07. The molecule has 7 nitrogen and oxygen atoms in total. The van der Waals surface area contributed by atoms with E-state index in [2.05, 4.69) is 15.0 Å². The largest absolute Gasteiger partial charge is 0.375 e. The fourth-order valence-electron chi connectivity index (χ4n) is 3.12. The van der Waals surface area contributed by atoms with Crippen molar-refractivity contribution in [1.29, 1.82) is 0 Å². The molecule has 1 fully saturated rings. The molecule has 1 amide bonds. The molecule has 1 atom stereocenters. The molecule has 0 aliphatic carbocycles. The Morgan fingerprint density at radius 1 is 1.36 bits per heavy atom. The van der Waals surface area contributed by atoms with Gasteiger partial charge in [0.1, 0.15) is 18.7 Å². The Kier molecular flexibility index (Phi) is 5.75. The number of ether oxygens (including phenoxy) is 1. The van der Waals surface area contributed by atoms with Crippen LogP contribution in [0.3, 0.4) is 0 Å². The number of hydrogen-bond acceptors (Lipinski definition) is 5. The zero-order valence-corrected chi connectivity index (χ0v) is 14.9. The number of aryl methyl sites for hydroxylation is 3. The van der Waals surface area contributed by atoms with Crippen LogP contribution in [0.5, 0.6) is 0 Å². The number of aromatic nitrogens is 4. The first-order valence-electron chi connectivity index (χ1n) is 8.82. The van der Waals surface area contributed by atoms with Gasteiger partial charge in [0.2, 0.25) is 5.91 Å². The predicted octanol–water partition coefficient (Wildman–Crippen LogP) is 1.40. The van der Waals surface area contributed by atoms with E-state index in [-0.39, 0.29) is 12.0 Å². The van der Waals surface area contributed by atoms with E-state index in [9.17, 15) is 4.79 Å². The third-order valence-corrected chi connectivity index (χ3v) is 4.50. The van der Waals surface area contributed by atoms with E-state index in [0.717, 1.165) is 36.5 Å². The molecule has 0 aromatic carbocycles. The van der Waals surface area contributed by atoms with Crippen molar-refractivity contribution in [2.75, 3.05) is 19.7 Å². The highest BCUT2D eigenvalue weighted by Gasteiger charge is 2.24. The summed E-state index contributed by atoms with van der Waals surface area (Å²) in [6, 6.07) is 2.00. The highest BCUT2D eigenvalue weighted by Crippen LogP contribution is 2.13. The molecule has 3 rings (SSSR count). The molecule has 1 aliphatic heterocycles. The van der Waals surface area contributed by atoms with Crippen LogP contribution in [0.25, 0.3) is 0 Å². The molecule has 134 valence electrons. The van der Waals surface area contributed by atoms with Crippen molar-refractivity contribution in [3.8, 4) is 0 Å². The first kappa shape index (κ1) is 17.5. The standard InChI is InChI=1S/C18H25N5O2/c1-3-17-19-6-7-22(17)12-18(24)23-8-9-25-16(11-23)5-4-15-10-14(2)20-13-21-15/h6-7,10,13,16H,3-5,8-9,11-12H2,1-2H3/t16-/m1/s1. The smallest absolute Gasteiger partial charge is 0.242 e. The Labute approximate surface area is 148 Å². The third-order valence-electron chi connectivity index (χ3n) is 4.50. The van der Waals surface area contributed by atoms with Crippen LogP contribution in [-0.4, -0.2) is 56.1 Å². The summed E-state index contributed by atoms with van der Waals surface area (Å²) in [4.78, 5) is 27.2. The maximum absolute atomic E-state index is 12.6. The molecule has 0 N–H and O–H groups in total. The summed E-state index contributed by atoms with van der Waals surface area (Å²) < 4.78 is 7.76. The van der Waals surface area contributed by atoms with Crippen LogP contribution < -0.4 is 0 Å². The number of hydrogen-bond donors (Lipinski definition) is 0. The Balaban J connectivity index is 1.52. The summed E-state index contributed by atoms with van der Waals surface area (Å²) in [6.07, 6.45) is 7.78. The second kappa shape index (κ2) is 8.20. The fraction of sp³-hybridized carbons (Fsp3) is 0.556. The van der Waals surface area contributed by atoms with Crippen LogP contribution in [-0.2, 0) is 28.9 Å². The highest BCUT2D eigenvalue weighted by molar-refractivity contribution is 5.76. The van der Waals surface area contributed by atoms with Gasteiger partial charge in [0.05, 0.1) is 12.7 Å². The minimum atomic E-state index is 0.0569. The van der Waals surface area contributed by atoms with Crippen LogP contribution in [0, 0.1) is 6.92 Å². The molecule has 0 spiro atoms. The lowest BCUT2D eigenvalue weighted by atomic mass is 10.1. The van der Waals surface area contributed by atoms with Crippen LogP contribution in [0.15, 0.2) is 24.8 Å². The molecule has 1 saturated heterocycles. The molecule has 25 heavy (non-hydrogen) atoms. The average Bonchev–Trinajstić information content (AvgIpc) is 3.07. The first-order valence-corrected chi connectivity index (χ1v) is 8.82. The number of carbonyl (C=O) groups is 1. The molecule has 3 heterocycles. The zero-order chi connectivity index (χ0) is 17.6. The van der Waals surface area contributed by atoms with Gasteiger partial charge in [0, 0.05) is 43.3 Å². The van der Waals surface area contributed by atoms with Gasteiger partial charge >= 0.3 is 0 Å². The minimum Gasteiger partial charge on any atom is -0.375 e. The van der Waals surface area contributed by atoms with E-state index in [1.807, 2.05) is 35.6 Å². The lowest BCUT2D eigenvalue weighted by Gasteiger charge is -2.33. The number of amides is 1. The van der Waals surface area contributed by atoms with Gasteiger partial charge in [-0.3, -0.25) is 4.79 Å². The first-order chi connectivity index (χ1) is 12.2. The van der Waals surface area contributed by atoms with Crippen molar-refractivity contribution in [3.05, 3.63) is 42.0 Å². The molecule has 2 aromatic rings. The number of rotatable bonds is 6. The maximum atomic E-state index is 12.6. The molecule has 0 unspecified atom stereocenters. The number of morpholine rings is 1. The lowest BCUT2D eigenvalue weighted by Crippen LogP contribution is -2.47. The minimum absolute atomic E-state index is 0.0569. The second-order valence-electron chi connectivity index (χ2n) is 6.35. The van der Waals surface area contributed by atoms with Crippen LogP contribution in [0.1, 0.15) is 30.6 Å². The lowest BCUT2D eigenvalue weighted by molar-refractivity contribution is -0.139. The Hall–Kier alpha value is -2.28. The van der Waals surface area contributed by atoms with Gasteiger partial charge in [-0.05, 0) is 25.8 Å². The Bertz CT molecular complexity index is 715. The molecule has 0 bridgehead atoms. The van der Waals surface area contributed by atoms with E-state index in [1.54, 1.807) is 12.5 Å². The fourth-order valence-corrected chi connectivity index (χ4v) is 3.12. The maximum Gasteiger partial charge on any atom is 0.242 e. The van der Waals surface area contributed by atoms with Gasteiger partial charge in [-0.1, -0.05) is 6.92 Å². The van der Waals surface area contributed by atoms with Gasteiger partial charge in [0.25, 0.3) is 0 Å². The monoisotopic (exact) mass is 343 g/mol. The Morgan fingerprint density at radius 3 is 3.04 bits per heavy atom. The van der Waals surface area contributed by atoms with Crippen LogP contribution in [0.4, 0.5) is 0 Å².